The molecule has 0 radical (unpaired) electrons. The van der Waals surface area contributed by atoms with Gasteiger partial charge in [0.05, 0.1) is 4.47 Å². The molecule has 0 fully saturated rings. The van der Waals surface area contributed by atoms with Crippen molar-refractivity contribution in [1.29, 1.82) is 0 Å². The Labute approximate surface area is 130 Å². The zero-order valence-electron chi connectivity index (χ0n) is 10.5. The lowest BCUT2D eigenvalue weighted by atomic mass is 10.1. The highest BCUT2D eigenvalue weighted by atomic mass is 79.9. The van der Waals surface area contributed by atoms with Crippen molar-refractivity contribution in [3.8, 4) is 11.6 Å². The van der Waals surface area contributed by atoms with Gasteiger partial charge in [-0.1, -0.05) is 30.3 Å². The van der Waals surface area contributed by atoms with Crippen LogP contribution >= 0.6 is 27.5 Å². The minimum Gasteiger partial charge on any atom is -0.438 e. The highest BCUT2D eigenvalue weighted by Crippen LogP contribution is 2.35. The fraction of sp³-hybridized carbons (Fsp3) is 0.0625. The number of nitrogens with zero attached hydrogens (tertiary/aromatic N) is 1. The fourth-order valence-electron chi connectivity index (χ4n) is 1.99. The van der Waals surface area contributed by atoms with Gasteiger partial charge in [-0.2, -0.15) is 0 Å². The van der Waals surface area contributed by atoms with Gasteiger partial charge in [0.2, 0.25) is 5.88 Å². The zero-order valence-corrected chi connectivity index (χ0v) is 12.9. The van der Waals surface area contributed by atoms with Crippen LogP contribution in [0.5, 0.6) is 11.6 Å². The third-order valence-electron chi connectivity index (χ3n) is 3.00. The molecule has 0 aliphatic heterocycles. The average Bonchev–Trinajstić information content (AvgIpc) is 2.50. The molecule has 0 N–H and O–H groups in total. The van der Waals surface area contributed by atoms with Crippen LogP contribution in [0.25, 0.3) is 10.8 Å². The molecule has 2 aromatic carbocycles. The monoisotopic (exact) mass is 347 g/mol. The van der Waals surface area contributed by atoms with Crippen molar-refractivity contribution >= 4 is 38.3 Å². The van der Waals surface area contributed by atoms with Crippen molar-refractivity contribution < 1.29 is 4.74 Å². The molecule has 0 saturated heterocycles. The van der Waals surface area contributed by atoms with Crippen LogP contribution in [0.3, 0.4) is 0 Å². The van der Waals surface area contributed by atoms with Crippen molar-refractivity contribution in [1.82, 2.24) is 4.98 Å². The normalized spacial score (nSPS) is 10.7. The van der Waals surface area contributed by atoms with Crippen molar-refractivity contribution in [3.05, 3.63) is 64.8 Å². The number of benzene rings is 2. The summed E-state index contributed by atoms with van der Waals surface area (Å²) in [5.41, 5.74) is 0.980. The summed E-state index contributed by atoms with van der Waals surface area (Å²) in [5, 5.41) is 2.27. The quantitative estimate of drug-likeness (QED) is 0.581. The minimum atomic E-state index is 0.442. The number of hydrogen-bond donors (Lipinski definition) is 0. The lowest BCUT2D eigenvalue weighted by Gasteiger charge is -2.09. The number of aromatic nitrogens is 1. The standard InChI is InChI=1S/C16H11BrClNO/c17-16-13-4-2-1-3-12(13)5-6-14(16)20-15-9-11(10-18)7-8-19-15/h1-9H,10H2. The first-order chi connectivity index (χ1) is 9.78. The Kier molecular flexibility index (Phi) is 3.90. The van der Waals surface area contributed by atoms with Gasteiger partial charge in [0.1, 0.15) is 5.75 Å². The Morgan fingerprint density at radius 1 is 1.10 bits per heavy atom. The number of fused-ring (bicyclic) bond motifs is 1. The van der Waals surface area contributed by atoms with E-state index in [2.05, 4.69) is 33.0 Å². The number of pyridine rings is 1. The molecular formula is C16H11BrClNO. The smallest absolute Gasteiger partial charge is 0.219 e. The number of hydrogen-bond acceptors (Lipinski definition) is 2. The van der Waals surface area contributed by atoms with Gasteiger partial charge >= 0.3 is 0 Å². The van der Waals surface area contributed by atoms with Crippen molar-refractivity contribution in [2.45, 2.75) is 5.88 Å². The third kappa shape index (κ3) is 2.65. The Hall–Kier alpha value is -1.58. The lowest BCUT2D eigenvalue weighted by Crippen LogP contribution is -1.90. The molecule has 0 spiro atoms. The van der Waals surface area contributed by atoms with Crippen LogP contribution in [0.1, 0.15) is 5.56 Å². The third-order valence-corrected chi connectivity index (χ3v) is 4.12. The SMILES string of the molecule is ClCc1ccnc(Oc2ccc3ccccc3c2Br)c1. The summed E-state index contributed by atoms with van der Waals surface area (Å²) in [4.78, 5) is 4.20. The molecule has 0 saturated carbocycles. The summed E-state index contributed by atoms with van der Waals surface area (Å²) in [6.07, 6.45) is 1.70. The van der Waals surface area contributed by atoms with E-state index in [4.69, 9.17) is 16.3 Å². The highest BCUT2D eigenvalue weighted by Gasteiger charge is 2.08. The molecule has 2 nitrogen and oxygen atoms in total. The molecule has 3 aromatic rings. The van der Waals surface area contributed by atoms with Gasteiger partial charge in [-0.3, -0.25) is 0 Å². The van der Waals surface area contributed by atoms with Gasteiger partial charge in [0, 0.05) is 18.1 Å². The van der Waals surface area contributed by atoms with E-state index in [-0.39, 0.29) is 0 Å². The van der Waals surface area contributed by atoms with Crippen molar-refractivity contribution in [3.63, 3.8) is 0 Å². The molecule has 0 atom stereocenters. The molecule has 0 unspecified atom stereocenters. The van der Waals surface area contributed by atoms with E-state index < -0.39 is 0 Å². The van der Waals surface area contributed by atoms with Crippen LogP contribution < -0.4 is 4.74 Å². The molecule has 4 heteroatoms. The molecule has 0 bridgehead atoms. The van der Waals surface area contributed by atoms with Crippen LogP contribution in [0.4, 0.5) is 0 Å². The van der Waals surface area contributed by atoms with Crippen LogP contribution in [-0.4, -0.2) is 4.98 Å². The average molecular weight is 349 g/mol. The van der Waals surface area contributed by atoms with Gasteiger partial charge in [-0.15, -0.1) is 11.6 Å². The van der Waals surface area contributed by atoms with Gasteiger partial charge in [-0.25, -0.2) is 4.98 Å². The molecule has 1 aromatic heterocycles. The Morgan fingerprint density at radius 2 is 1.95 bits per heavy atom. The van der Waals surface area contributed by atoms with E-state index in [0.29, 0.717) is 11.8 Å². The summed E-state index contributed by atoms with van der Waals surface area (Å²) in [7, 11) is 0. The largest absolute Gasteiger partial charge is 0.438 e. The molecule has 0 aliphatic carbocycles. The van der Waals surface area contributed by atoms with Gasteiger partial charge in [0.15, 0.2) is 0 Å². The molecule has 3 rings (SSSR count). The van der Waals surface area contributed by atoms with Crippen LogP contribution in [0.15, 0.2) is 59.2 Å². The second-order valence-corrected chi connectivity index (χ2v) is 5.40. The van der Waals surface area contributed by atoms with Gasteiger partial charge < -0.3 is 4.74 Å². The Balaban J connectivity index is 2.00. The predicted octanol–water partition coefficient (Wildman–Crippen LogP) is 5.53. The lowest BCUT2D eigenvalue weighted by molar-refractivity contribution is 0.460. The Bertz CT molecular complexity index is 760. The first kappa shape index (κ1) is 13.4. The first-order valence-electron chi connectivity index (χ1n) is 6.14. The van der Waals surface area contributed by atoms with E-state index in [9.17, 15) is 0 Å². The number of halogens is 2. The van der Waals surface area contributed by atoms with E-state index in [1.165, 1.54) is 0 Å². The summed E-state index contributed by atoms with van der Waals surface area (Å²) in [5.74, 6) is 1.72. The summed E-state index contributed by atoms with van der Waals surface area (Å²) < 4.78 is 6.77. The minimum absolute atomic E-state index is 0.442. The van der Waals surface area contributed by atoms with Crippen LogP contribution in [0, 0.1) is 0 Å². The maximum atomic E-state index is 5.84. The topological polar surface area (TPSA) is 22.1 Å². The summed E-state index contributed by atoms with van der Waals surface area (Å²) >= 11 is 9.41. The molecule has 0 amide bonds. The van der Waals surface area contributed by atoms with Crippen LogP contribution in [0.2, 0.25) is 0 Å². The molecule has 0 aliphatic rings. The van der Waals surface area contributed by atoms with Crippen molar-refractivity contribution in [2.75, 3.05) is 0 Å². The van der Waals surface area contributed by atoms with E-state index in [1.807, 2.05) is 36.4 Å². The maximum absolute atomic E-state index is 5.84. The molecule has 1 heterocycles. The molecule has 100 valence electrons. The number of ether oxygens (including phenoxy) is 1. The van der Waals surface area contributed by atoms with E-state index in [0.717, 1.165) is 26.6 Å². The first-order valence-corrected chi connectivity index (χ1v) is 7.46. The second kappa shape index (κ2) is 5.81. The van der Waals surface area contributed by atoms with Crippen molar-refractivity contribution in [2.24, 2.45) is 0 Å². The second-order valence-electron chi connectivity index (χ2n) is 4.34. The van der Waals surface area contributed by atoms with Gasteiger partial charge in [0.25, 0.3) is 0 Å². The molecular weight excluding hydrogens is 338 g/mol. The van der Waals surface area contributed by atoms with E-state index in [1.54, 1.807) is 6.20 Å². The number of rotatable bonds is 3. The maximum Gasteiger partial charge on any atom is 0.219 e. The Morgan fingerprint density at radius 3 is 2.80 bits per heavy atom. The summed E-state index contributed by atoms with van der Waals surface area (Å²) in [6, 6.07) is 15.8. The highest BCUT2D eigenvalue weighted by molar-refractivity contribution is 9.10. The van der Waals surface area contributed by atoms with E-state index >= 15 is 0 Å². The fourth-order valence-corrected chi connectivity index (χ4v) is 2.73. The molecule has 20 heavy (non-hydrogen) atoms. The predicted molar refractivity (Wildman–Crippen MR) is 85.5 cm³/mol. The summed E-state index contributed by atoms with van der Waals surface area (Å²) in [6.45, 7) is 0. The number of alkyl halides is 1. The van der Waals surface area contributed by atoms with Crippen LogP contribution in [-0.2, 0) is 5.88 Å². The van der Waals surface area contributed by atoms with Gasteiger partial charge in [-0.05, 0) is 44.4 Å². The zero-order chi connectivity index (χ0) is 13.9.